The van der Waals surface area contributed by atoms with E-state index in [1.54, 1.807) is 45.9 Å². The Bertz CT molecular complexity index is 3680. The van der Waals surface area contributed by atoms with E-state index >= 15 is 0 Å². The molecule has 84 heavy (non-hydrogen) atoms. The van der Waals surface area contributed by atoms with Crippen LogP contribution < -0.4 is 48.3 Å². The number of carbonyl (C=O) groups is 2. The van der Waals surface area contributed by atoms with Crippen LogP contribution in [0.15, 0.2) is 107 Å². The summed E-state index contributed by atoms with van der Waals surface area (Å²) in [5, 5.41) is 25.8. The molecule has 19 heteroatoms. The minimum absolute atomic E-state index is 0.100. The van der Waals surface area contributed by atoms with Crippen molar-refractivity contribution in [3.05, 3.63) is 159 Å². The summed E-state index contributed by atoms with van der Waals surface area (Å²) in [4.78, 5) is 65.8. The first-order valence-corrected chi connectivity index (χ1v) is 31.2. The first kappa shape index (κ1) is 59.7. The second-order valence-electron chi connectivity index (χ2n) is 23.4. The van der Waals surface area contributed by atoms with Gasteiger partial charge in [-0.3, -0.25) is 29.4 Å². The molecule has 442 valence electrons. The lowest BCUT2D eigenvalue weighted by Crippen LogP contribution is -2.48. The Hall–Kier alpha value is -7.42. The third-order valence-electron chi connectivity index (χ3n) is 17.4. The zero-order valence-corrected chi connectivity index (χ0v) is 51.7. The summed E-state index contributed by atoms with van der Waals surface area (Å²) in [6.45, 7) is 15.8. The number of nitrogens with zero attached hydrogens (tertiary/aromatic N) is 7. The highest BCUT2D eigenvalue weighted by Gasteiger charge is 2.31. The number of fused-ring (bicyclic) bond motifs is 2. The lowest BCUT2D eigenvalue weighted by molar-refractivity contribution is 0.102. The number of hydrogen-bond donors (Lipinski definition) is 6. The minimum atomic E-state index is -0.654. The average molecular weight is 1170 g/mol. The largest absolute Gasteiger partial charge is 0.401 e. The normalized spacial score (nSPS) is 16.9. The van der Waals surface area contributed by atoms with Crippen LogP contribution in [-0.2, 0) is 39.8 Å². The molecule has 0 bridgehead atoms. The van der Waals surface area contributed by atoms with Gasteiger partial charge in [-0.2, -0.15) is 0 Å². The number of rotatable bonds is 19. The maximum absolute atomic E-state index is 14.1. The van der Waals surface area contributed by atoms with Crippen LogP contribution in [0, 0.1) is 19.8 Å². The van der Waals surface area contributed by atoms with E-state index in [2.05, 4.69) is 84.5 Å². The third kappa shape index (κ3) is 13.4. The van der Waals surface area contributed by atoms with Crippen molar-refractivity contribution in [3.63, 3.8) is 0 Å². The molecule has 2 aliphatic carbocycles. The average Bonchev–Trinajstić information content (AvgIpc) is 3.52. The monoisotopic (exact) mass is 1170 g/mol. The molecule has 1 aliphatic heterocycles. The van der Waals surface area contributed by atoms with Crippen molar-refractivity contribution in [2.75, 3.05) is 79.5 Å². The number of amides is 2. The van der Waals surface area contributed by atoms with E-state index < -0.39 is 5.66 Å². The van der Waals surface area contributed by atoms with Crippen molar-refractivity contribution >= 4 is 68.9 Å². The SMILES string of the molecule is CCN(c1ccc(Nc2cc(-c3cccc(NC(=O)c4cc5c(s4)CCCCC5)c3C)cn(C)c2=O)nn1)C(C)C1CCc2cc(C(=O)Nc3cccc(-c4cc(NC(C)(C/C=C(\N)CN5CCN(C)CC5)NC)c(=O)n(C)c4)c3C)sc2C1. The highest BCUT2D eigenvalue weighted by molar-refractivity contribution is 7.14. The molecule has 2 amide bonds. The van der Waals surface area contributed by atoms with Gasteiger partial charge in [0.1, 0.15) is 11.4 Å². The van der Waals surface area contributed by atoms with Crippen LogP contribution >= 0.6 is 22.7 Å². The van der Waals surface area contributed by atoms with Gasteiger partial charge in [0, 0.05) is 116 Å². The first-order chi connectivity index (χ1) is 40.4. The lowest BCUT2D eigenvalue weighted by atomic mass is 9.84. The van der Waals surface area contributed by atoms with Crippen LogP contribution in [0.5, 0.6) is 0 Å². The van der Waals surface area contributed by atoms with Crippen LogP contribution in [0.1, 0.15) is 104 Å². The molecule has 0 radical (unpaired) electrons. The molecule has 5 aromatic heterocycles. The van der Waals surface area contributed by atoms with E-state index in [0.29, 0.717) is 46.6 Å². The Morgan fingerprint density at radius 1 is 0.762 bits per heavy atom. The van der Waals surface area contributed by atoms with E-state index in [9.17, 15) is 19.2 Å². The number of nitrogens with two attached hydrogens (primary N) is 1. The van der Waals surface area contributed by atoms with E-state index in [0.717, 1.165) is 120 Å². The molecule has 7 N–H and O–H groups in total. The fourth-order valence-electron chi connectivity index (χ4n) is 12.0. The van der Waals surface area contributed by atoms with Gasteiger partial charge in [-0.15, -0.1) is 32.9 Å². The molecule has 2 aromatic carbocycles. The van der Waals surface area contributed by atoms with Gasteiger partial charge in [-0.25, -0.2) is 0 Å². The molecule has 7 aromatic rings. The fourth-order valence-corrected chi connectivity index (χ4v) is 14.4. The highest BCUT2D eigenvalue weighted by Crippen LogP contribution is 2.38. The number of anilines is 6. The number of thiophene rings is 2. The zero-order valence-electron chi connectivity index (χ0n) is 50.1. The topological polar surface area (TPSA) is 200 Å². The summed E-state index contributed by atoms with van der Waals surface area (Å²) in [5.41, 5.74) is 16.4. The molecule has 10 rings (SSSR count). The van der Waals surface area contributed by atoms with Gasteiger partial charge in [-0.05, 0) is 181 Å². The Labute approximate surface area is 501 Å². The summed E-state index contributed by atoms with van der Waals surface area (Å²) in [6.07, 6.45) is 14.6. The van der Waals surface area contributed by atoms with Gasteiger partial charge in [-0.1, -0.05) is 36.8 Å². The molecule has 1 saturated heterocycles. The molecular weight excluding hydrogens is 1090 g/mol. The minimum Gasteiger partial charge on any atom is -0.401 e. The summed E-state index contributed by atoms with van der Waals surface area (Å²) < 4.78 is 3.15. The molecule has 6 heterocycles. The van der Waals surface area contributed by atoms with Crippen molar-refractivity contribution in [1.29, 1.82) is 0 Å². The van der Waals surface area contributed by atoms with E-state index in [1.165, 1.54) is 40.1 Å². The standard InChI is InChI=1S/C65H81N13O4S2/c1-10-78(60-25-24-59(72-73-60)68-53-32-46(37-75(8)63(53)81)49-17-14-19-51(40(49)2)69-61(79)57-35-44-16-12-11-13-21-55(44)83-57)42(4)43-22-23-45-36-58(84-56(45)34-43)62(80)70-52-20-15-18-50(41(52)3)47-33-54(64(82)76(9)38-47)71-65(5,67-6)27-26-48(66)39-77-30-28-74(7)29-31-77/h14-15,17-20,24-26,32-33,35-38,42-43,67,71H,10-13,16,21-23,27-31,34,39,66H2,1-9H3,(H,68,72)(H,69,79)(H,70,80)/b48-26-. The Balaban J connectivity index is 0.768. The van der Waals surface area contributed by atoms with Crippen molar-refractivity contribution in [1.82, 2.24) is 34.4 Å². The number of hydrogen-bond acceptors (Lipinski definition) is 15. The third-order valence-corrected chi connectivity index (χ3v) is 19.9. The van der Waals surface area contributed by atoms with Gasteiger partial charge in [0.25, 0.3) is 22.9 Å². The molecule has 17 nitrogen and oxygen atoms in total. The molecule has 3 unspecified atom stereocenters. The number of benzene rings is 2. The quantitative estimate of drug-likeness (QED) is 0.0331. The van der Waals surface area contributed by atoms with Crippen molar-refractivity contribution in [3.8, 4) is 22.3 Å². The van der Waals surface area contributed by atoms with Crippen molar-refractivity contribution < 1.29 is 9.59 Å². The summed E-state index contributed by atoms with van der Waals surface area (Å²) in [7, 11) is 7.51. The second-order valence-corrected chi connectivity index (χ2v) is 25.6. The van der Waals surface area contributed by atoms with Gasteiger partial charge in [0.2, 0.25) is 0 Å². The number of carbonyl (C=O) groups excluding carboxylic acids is 2. The number of likely N-dealkylation sites (N-methyl/N-ethyl adjacent to an activating group) is 1. The molecule has 1 fully saturated rings. The summed E-state index contributed by atoms with van der Waals surface area (Å²) in [6, 6.07) is 23.5. The van der Waals surface area contributed by atoms with E-state index in [-0.39, 0.29) is 29.0 Å². The maximum atomic E-state index is 14.1. The van der Waals surface area contributed by atoms with Gasteiger partial charge in [0.15, 0.2) is 11.6 Å². The Kier molecular flexibility index (Phi) is 18.4. The number of nitrogens with one attached hydrogen (secondary N) is 5. The summed E-state index contributed by atoms with van der Waals surface area (Å²) >= 11 is 3.18. The Morgan fingerprint density at radius 2 is 1.36 bits per heavy atom. The predicted octanol–water partition coefficient (Wildman–Crippen LogP) is 10.3. The van der Waals surface area contributed by atoms with E-state index in [1.807, 2.05) is 107 Å². The second kappa shape index (κ2) is 25.8. The fraction of sp³-hybridized carbons (Fsp3) is 0.415. The van der Waals surface area contributed by atoms with Crippen LogP contribution in [0.2, 0.25) is 0 Å². The van der Waals surface area contributed by atoms with Crippen molar-refractivity contribution in [2.24, 2.45) is 25.7 Å². The first-order valence-electron chi connectivity index (χ1n) is 29.5. The number of aryl methyl sites for hydroxylation is 5. The maximum Gasteiger partial charge on any atom is 0.274 e. The summed E-state index contributed by atoms with van der Waals surface area (Å²) in [5.74, 6) is 1.25. The molecule has 0 saturated carbocycles. The van der Waals surface area contributed by atoms with E-state index in [4.69, 9.17) is 5.73 Å². The van der Waals surface area contributed by atoms with Crippen LogP contribution in [0.3, 0.4) is 0 Å². The van der Waals surface area contributed by atoms with Crippen molar-refractivity contribution in [2.45, 2.75) is 104 Å². The Morgan fingerprint density at radius 3 is 1.96 bits per heavy atom. The molecular formula is C65H81N13O4S2. The van der Waals surface area contributed by atoms with Gasteiger partial charge >= 0.3 is 0 Å². The number of pyridine rings is 2. The lowest BCUT2D eigenvalue weighted by Gasteiger charge is -2.36. The highest BCUT2D eigenvalue weighted by atomic mass is 32.1. The van der Waals surface area contributed by atoms with Crippen LogP contribution in [-0.4, -0.2) is 106 Å². The van der Waals surface area contributed by atoms with Gasteiger partial charge in [0.05, 0.1) is 15.4 Å². The zero-order chi connectivity index (χ0) is 59.4. The van der Waals surface area contributed by atoms with Crippen LogP contribution in [0.25, 0.3) is 22.3 Å². The molecule has 3 atom stereocenters. The number of piperazine rings is 1. The van der Waals surface area contributed by atoms with Gasteiger partial charge < -0.3 is 45.9 Å². The molecule has 3 aliphatic rings. The smallest absolute Gasteiger partial charge is 0.274 e. The number of aromatic nitrogens is 4. The predicted molar refractivity (Wildman–Crippen MR) is 345 cm³/mol. The molecule has 0 spiro atoms. The van der Waals surface area contributed by atoms with Crippen LogP contribution in [0.4, 0.5) is 34.4 Å².